The zero-order chi connectivity index (χ0) is 10.8. The molecule has 0 radical (unpaired) electrons. The summed E-state index contributed by atoms with van der Waals surface area (Å²) in [6, 6.07) is 5.96. The average Bonchev–Trinajstić information content (AvgIpc) is 2.65. The molecule has 1 atom stereocenters. The lowest BCUT2D eigenvalue weighted by atomic mass is 10.2. The molecule has 2 heterocycles. The molecule has 0 spiro atoms. The molecule has 0 bridgehead atoms. The highest BCUT2D eigenvalue weighted by Gasteiger charge is 2.22. The van der Waals surface area contributed by atoms with Gasteiger partial charge in [0.2, 0.25) is 0 Å². The Morgan fingerprint density at radius 1 is 1.53 bits per heavy atom. The molecule has 3 heteroatoms. The highest BCUT2D eigenvalue weighted by atomic mass is 15.2. The predicted octanol–water partition coefficient (Wildman–Crippen LogP) is 2.11. The Morgan fingerprint density at radius 3 is 2.93 bits per heavy atom. The van der Waals surface area contributed by atoms with Gasteiger partial charge < -0.3 is 4.90 Å². The van der Waals surface area contributed by atoms with Gasteiger partial charge in [-0.2, -0.15) is 5.26 Å². The van der Waals surface area contributed by atoms with Crippen molar-refractivity contribution in [1.82, 2.24) is 4.98 Å². The number of aromatic nitrogens is 1. The van der Waals surface area contributed by atoms with Gasteiger partial charge in [-0.3, -0.25) is 0 Å². The molecule has 0 N–H and O–H groups in total. The van der Waals surface area contributed by atoms with Crippen LogP contribution in [0.25, 0.3) is 0 Å². The van der Waals surface area contributed by atoms with Crippen LogP contribution < -0.4 is 4.90 Å². The molecule has 2 rings (SSSR count). The molecule has 0 amide bonds. The van der Waals surface area contributed by atoms with Crippen molar-refractivity contribution in [2.45, 2.75) is 20.3 Å². The summed E-state index contributed by atoms with van der Waals surface area (Å²) in [7, 11) is 0. The molecule has 15 heavy (non-hydrogen) atoms. The Balaban J connectivity index is 2.34. The molecular formula is C12H15N3. The predicted molar refractivity (Wildman–Crippen MR) is 59.7 cm³/mol. The monoisotopic (exact) mass is 201 g/mol. The normalized spacial score (nSPS) is 20.3. The number of nitrogens with zero attached hydrogens (tertiary/aromatic N) is 3. The third-order valence-electron chi connectivity index (χ3n) is 2.86. The van der Waals surface area contributed by atoms with Crippen molar-refractivity contribution in [2.75, 3.05) is 18.0 Å². The molecule has 1 unspecified atom stereocenters. The van der Waals surface area contributed by atoms with Crippen molar-refractivity contribution in [3.63, 3.8) is 0 Å². The van der Waals surface area contributed by atoms with E-state index in [4.69, 9.17) is 5.26 Å². The fraction of sp³-hybridized carbons (Fsp3) is 0.500. The lowest BCUT2D eigenvalue weighted by molar-refractivity contribution is 0.658. The van der Waals surface area contributed by atoms with Crippen LogP contribution in [0.2, 0.25) is 0 Å². The third-order valence-corrected chi connectivity index (χ3v) is 2.86. The van der Waals surface area contributed by atoms with Crippen LogP contribution in [0.4, 0.5) is 5.82 Å². The summed E-state index contributed by atoms with van der Waals surface area (Å²) >= 11 is 0. The van der Waals surface area contributed by atoms with Gasteiger partial charge in [0.25, 0.3) is 0 Å². The van der Waals surface area contributed by atoms with E-state index in [0.29, 0.717) is 11.5 Å². The van der Waals surface area contributed by atoms with Crippen molar-refractivity contribution in [3.8, 4) is 6.07 Å². The Bertz CT molecular complexity index is 406. The Morgan fingerprint density at radius 2 is 2.33 bits per heavy atom. The first kappa shape index (κ1) is 9.97. The van der Waals surface area contributed by atoms with Crippen LogP contribution in [-0.4, -0.2) is 18.1 Å². The van der Waals surface area contributed by atoms with Crippen molar-refractivity contribution in [1.29, 1.82) is 5.26 Å². The van der Waals surface area contributed by atoms with Crippen molar-refractivity contribution >= 4 is 5.82 Å². The molecule has 78 valence electrons. The first-order valence-corrected chi connectivity index (χ1v) is 5.33. The van der Waals surface area contributed by atoms with E-state index < -0.39 is 0 Å². The molecule has 1 saturated heterocycles. The molecule has 1 aliphatic heterocycles. The van der Waals surface area contributed by atoms with Crippen molar-refractivity contribution in [2.24, 2.45) is 5.92 Å². The lowest BCUT2D eigenvalue weighted by Crippen LogP contribution is -2.21. The fourth-order valence-electron chi connectivity index (χ4n) is 2.00. The summed E-state index contributed by atoms with van der Waals surface area (Å²) in [5.41, 5.74) is 1.67. The van der Waals surface area contributed by atoms with Crippen LogP contribution in [0.1, 0.15) is 24.6 Å². The third kappa shape index (κ3) is 1.94. The topological polar surface area (TPSA) is 39.9 Å². The highest BCUT2D eigenvalue weighted by molar-refractivity contribution is 5.54. The number of hydrogen-bond donors (Lipinski definition) is 0. The number of pyridine rings is 1. The zero-order valence-electron chi connectivity index (χ0n) is 9.20. The van der Waals surface area contributed by atoms with Crippen LogP contribution in [0.5, 0.6) is 0 Å². The Hall–Kier alpha value is -1.56. The first-order chi connectivity index (χ1) is 7.20. The molecule has 1 aromatic rings. The summed E-state index contributed by atoms with van der Waals surface area (Å²) in [5, 5.41) is 9.02. The summed E-state index contributed by atoms with van der Waals surface area (Å²) in [4.78, 5) is 6.68. The van der Waals surface area contributed by atoms with Crippen molar-refractivity contribution < 1.29 is 0 Å². The maximum Gasteiger partial charge on any atom is 0.146 e. The second kappa shape index (κ2) is 3.90. The Labute approximate surface area is 90.4 Å². The SMILES string of the molecule is Cc1ccc(C#N)c(N2CCC(C)C2)n1. The second-order valence-electron chi connectivity index (χ2n) is 4.28. The molecule has 3 nitrogen and oxygen atoms in total. The largest absolute Gasteiger partial charge is 0.355 e. The molecule has 0 saturated carbocycles. The quantitative estimate of drug-likeness (QED) is 0.698. The van der Waals surface area contributed by atoms with Crippen molar-refractivity contribution in [3.05, 3.63) is 23.4 Å². The van der Waals surface area contributed by atoms with Gasteiger partial charge in [0.15, 0.2) is 0 Å². The van der Waals surface area contributed by atoms with Gasteiger partial charge in [-0.1, -0.05) is 6.92 Å². The van der Waals surface area contributed by atoms with E-state index in [-0.39, 0.29) is 0 Å². The lowest BCUT2D eigenvalue weighted by Gasteiger charge is -2.18. The summed E-state index contributed by atoms with van der Waals surface area (Å²) in [5.74, 6) is 1.57. The number of hydrogen-bond acceptors (Lipinski definition) is 3. The number of aryl methyl sites for hydroxylation is 1. The molecule has 0 aliphatic carbocycles. The van der Waals surface area contributed by atoms with Gasteiger partial charge in [-0.25, -0.2) is 4.98 Å². The van der Waals surface area contributed by atoms with Crippen LogP contribution in [0, 0.1) is 24.2 Å². The summed E-state index contributed by atoms with van der Waals surface area (Å²) < 4.78 is 0. The maximum absolute atomic E-state index is 9.02. The average molecular weight is 201 g/mol. The van der Waals surface area contributed by atoms with E-state index in [0.717, 1.165) is 24.6 Å². The van der Waals surface area contributed by atoms with E-state index in [9.17, 15) is 0 Å². The summed E-state index contributed by atoms with van der Waals surface area (Å²) in [6.45, 7) is 6.24. The van der Waals surface area contributed by atoms with E-state index in [1.54, 1.807) is 0 Å². The smallest absolute Gasteiger partial charge is 0.146 e. The van der Waals surface area contributed by atoms with Gasteiger partial charge in [-0.15, -0.1) is 0 Å². The molecule has 1 aliphatic rings. The van der Waals surface area contributed by atoms with E-state index in [1.165, 1.54) is 6.42 Å². The standard InChI is InChI=1S/C12H15N3/c1-9-5-6-15(8-9)12-11(7-13)4-3-10(2)14-12/h3-4,9H,5-6,8H2,1-2H3. The van der Waals surface area contributed by atoms with E-state index in [1.807, 2.05) is 19.1 Å². The number of rotatable bonds is 1. The second-order valence-corrected chi connectivity index (χ2v) is 4.28. The minimum atomic E-state index is 0.690. The molecule has 1 aromatic heterocycles. The highest BCUT2D eigenvalue weighted by Crippen LogP contribution is 2.24. The van der Waals surface area contributed by atoms with Crippen LogP contribution >= 0.6 is 0 Å². The van der Waals surface area contributed by atoms with Gasteiger partial charge in [0, 0.05) is 18.8 Å². The molecular weight excluding hydrogens is 186 g/mol. The van der Waals surface area contributed by atoms with Crippen LogP contribution in [0.3, 0.4) is 0 Å². The van der Waals surface area contributed by atoms with Gasteiger partial charge >= 0.3 is 0 Å². The van der Waals surface area contributed by atoms with E-state index >= 15 is 0 Å². The van der Waals surface area contributed by atoms with Gasteiger partial charge in [0.1, 0.15) is 11.9 Å². The minimum absolute atomic E-state index is 0.690. The van der Waals surface area contributed by atoms with Gasteiger partial charge in [0.05, 0.1) is 5.56 Å². The zero-order valence-corrected chi connectivity index (χ0v) is 9.20. The van der Waals surface area contributed by atoms with Gasteiger partial charge in [-0.05, 0) is 31.4 Å². The summed E-state index contributed by atoms with van der Waals surface area (Å²) in [6.07, 6.45) is 1.19. The maximum atomic E-state index is 9.02. The van der Waals surface area contributed by atoms with Crippen LogP contribution in [-0.2, 0) is 0 Å². The van der Waals surface area contributed by atoms with E-state index in [2.05, 4.69) is 22.9 Å². The molecule has 1 fully saturated rings. The first-order valence-electron chi connectivity index (χ1n) is 5.33. The number of nitriles is 1. The fourth-order valence-corrected chi connectivity index (χ4v) is 2.00. The Kier molecular flexibility index (Phi) is 2.59. The molecule has 0 aromatic carbocycles. The minimum Gasteiger partial charge on any atom is -0.355 e. The van der Waals surface area contributed by atoms with Crippen LogP contribution in [0.15, 0.2) is 12.1 Å². The number of anilines is 1.